The molecular weight excluding hydrogens is 198 g/mol. The predicted octanol–water partition coefficient (Wildman–Crippen LogP) is -0.788. The summed E-state index contributed by atoms with van der Waals surface area (Å²) in [6.45, 7) is 7.33. The number of nitrogens with two attached hydrogens (primary N) is 1. The van der Waals surface area contributed by atoms with Crippen molar-refractivity contribution in [2.24, 2.45) is 0 Å². The molecule has 1 aliphatic rings. The number of hydrogen-bond acceptors (Lipinski definition) is 1. The summed E-state index contributed by atoms with van der Waals surface area (Å²) in [6, 6.07) is 5.09. The zero-order valence-corrected chi connectivity index (χ0v) is 10.2. The summed E-state index contributed by atoms with van der Waals surface area (Å²) in [6.07, 6.45) is 6.58. The highest BCUT2D eigenvalue weighted by molar-refractivity contribution is 5.07. The Balaban J connectivity index is 1.72. The van der Waals surface area contributed by atoms with Crippen molar-refractivity contribution in [3.05, 3.63) is 30.1 Å². The van der Waals surface area contributed by atoms with Crippen molar-refractivity contribution in [1.82, 2.24) is 4.98 Å². The van der Waals surface area contributed by atoms with E-state index in [4.69, 9.17) is 0 Å². The summed E-state index contributed by atoms with van der Waals surface area (Å²) in [5.41, 5.74) is 1.38. The molecule has 16 heavy (non-hydrogen) atoms. The quantitative estimate of drug-likeness (QED) is 0.671. The van der Waals surface area contributed by atoms with Crippen molar-refractivity contribution in [2.75, 3.05) is 19.6 Å². The minimum Gasteiger partial charge on any atom is -0.338 e. The first-order valence-electron chi connectivity index (χ1n) is 6.45. The Labute approximate surface area is 97.9 Å². The molecule has 0 aliphatic carbocycles. The Morgan fingerprint density at radius 2 is 2.25 bits per heavy atom. The first kappa shape index (κ1) is 11.6. The van der Waals surface area contributed by atoms with Crippen molar-refractivity contribution in [3.8, 4) is 0 Å². The van der Waals surface area contributed by atoms with Gasteiger partial charge in [0, 0.05) is 30.8 Å². The van der Waals surface area contributed by atoms with E-state index >= 15 is 0 Å². The Morgan fingerprint density at radius 1 is 1.44 bits per heavy atom. The van der Waals surface area contributed by atoms with Crippen LogP contribution in [0.4, 0.5) is 0 Å². The lowest BCUT2D eigenvalue weighted by Gasteiger charge is -2.18. The average molecular weight is 221 g/mol. The maximum Gasteiger partial charge on any atom is 0.137 e. The van der Waals surface area contributed by atoms with E-state index in [0.29, 0.717) is 0 Å². The topological polar surface area (TPSA) is 33.9 Å². The zero-order chi connectivity index (χ0) is 11.2. The molecule has 2 heterocycles. The monoisotopic (exact) mass is 221 g/mol. The van der Waals surface area contributed by atoms with Crippen molar-refractivity contribution in [2.45, 2.75) is 32.4 Å². The highest BCUT2D eigenvalue weighted by atomic mass is 15.2. The van der Waals surface area contributed by atoms with Gasteiger partial charge in [-0.1, -0.05) is 0 Å². The molecule has 3 nitrogen and oxygen atoms in total. The summed E-state index contributed by atoms with van der Waals surface area (Å²) < 4.78 is 0. The smallest absolute Gasteiger partial charge is 0.137 e. The number of rotatable bonds is 5. The molecule has 88 valence electrons. The largest absolute Gasteiger partial charge is 0.338 e. The fraction of sp³-hybridized carbons (Fsp3) is 0.615. The number of pyridine rings is 1. The molecule has 1 saturated heterocycles. The SMILES string of the molecule is CC[NH+]1CCC[C@H]1C[NH2+]Cc1ccncc1. The molecule has 2 atom stereocenters. The molecule has 0 amide bonds. The minimum atomic E-state index is 0.881. The van der Waals surface area contributed by atoms with Crippen LogP contribution >= 0.6 is 0 Å². The van der Waals surface area contributed by atoms with E-state index in [1.54, 1.807) is 4.90 Å². The maximum absolute atomic E-state index is 4.04. The van der Waals surface area contributed by atoms with Gasteiger partial charge in [0.2, 0.25) is 0 Å². The Hall–Kier alpha value is -0.930. The van der Waals surface area contributed by atoms with Crippen LogP contribution in [0, 0.1) is 0 Å². The molecule has 1 aromatic rings. The molecule has 0 bridgehead atoms. The van der Waals surface area contributed by atoms with E-state index in [9.17, 15) is 0 Å². The molecule has 0 aromatic carbocycles. The number of likely N-dealkylation sites (N-methyl/N-ethyl adjacent to an activating group) is 1. The van der Waals surface area contributed by atoms with Gasteiger partial charge in [-0.15, -0.1) is 0 Å². The van der Waals surface area contributed by atoms with Crippen LogP contribution in [0.2, 0.25) is 0 Å². The third-order valence-corrected chi connectivity index (χ3v) is 3.66. The van der Waals surface area contributed by atoms with Crippen LogP contribution in [0.15, 0.2) is 24.5 Å². The normalized spacial score (nSPS) is 24.8. The molecular formula is C13H23N3+2. The second-order valence-corrected chi connectivity index (χ2v) is 4.68. The standard InChI is InChI=1S/C13H21N3/c1-2-16-9-3-4-13(16)11-15-10-12-5-7-14-8-6-12/h5-8,13,15H,2-4,9-11H2,1H3/p+2/t13-/m0/s1. The highest BCUT2D eigenvalue weighted by Crippen LogP contribution is 1.97. The van der Waals surface area contributed by atoms with Crippen LogP contribution in [0.3, 0.4) is 0 Å². The van der Waals surface area contributed by atoms with Crippen LogP contribution < -0.4 is 10.2 Å². The van der Waals surface area contributed by atoms with Crippen LogP contribution in [-0.2, 0) is 6.54 Å². The van der Waals surface area contributed by atoms with Crippen LogP contribution in [0.25, 0.3) is 0 Å². The lowest BCUT2D eigenvalue weighted by molar-refractivity contribution is -0.925. The van der Waals surface area contributed by atoms with Gasteiger partial charge in [-0.05, 0) is 19.1 Å². The van der Waals surface area contributed by atoms with E-state index in [0.717, 1.165) is 12.6 Å². The summed E-state index contributed by atoms with van der Waals surface area (Å²) >= 11 is 0. The fourth-order valence-electron chi connectivity index (χ4n) is 2.70. The first-order valence-corrected chi connectivity index (χ1v) is 6.45. The van der Waals surface area contributed by atoms with E-state index in [1.165, 1.54) is 38.0 Å². The van der Waals surface area contributed by atoms with Crippen LogP contribution in [0.5, 0.6) is 0 Å². The lowest BCUT2D eigenvalue weighted by Crippen LogP contribution is -3.16. The zero-order valence-electron chi connectivity index (χ0n) is 10.2. The fourth-order valence-corrected chi connectivity index (χ4v) is 2.70. The number of nitrogens with zero attached hydrogens (tertiary/aromatic N) is 1. The number of hydrogen-bond donors (Lipinski definition) is 2. The molecule has 1 fully saturated rings. The molecule has 0 spiro atoms. The summed E-state index contributed by atoms with van der Waals surface area (Å²) in [5.74, 6) is 0. The van der Waals surface area contributed by atoms with Crippen LogP contribution in [0.1, 0.15) is 25.3 Å². The van der Waals surface area contributed by atoms with E-state index < -0.39 is 0 Å². The van der Waals surface area contributed by atoms with Gasteiger partial charge < -0.3 is 10.2 Å². The van der Waals surface area contributed by atoms with Gasteiger partial charge in [-0.2, -0.15) is 0 Å². The predicted molar refractivity (Wildman–Crippen MR) is 64.1 cm³/mol. The summed E-state index contributed by atoms with van der Waals surface area (Å²) in [5, 5.41) is 2.45. The average Bonchev–Trinajstić information content (AvgIpc) is 2.78. The molecule has 1 unspecified atom stereocenters. The molecule has 0 saturated carbocycles. The molecule has 1 aromatic heterocycles. The highest BCUT2D eigenvalue weighted by Gasteiger charge is 2.27. The van der Waals surface area contributed by atoms with Crippen LogP contribution in [-0.4, -0.2) is 30.7 Å². The third-order valence-electron chi connectivity index (χ3n) is 3.66. The van der Waals surface area contributed by atoms with Gasteiger partial charge >= 0.3 is 0 Å². The van der Waals surface area contributed by atoms with Crippen molar-refractivity contribution in [3.63, 3.8) is 0 Å². The van der Waals surface area contributed by atoms with Gasteiger partial charge in [-0.3, -0.25) is 4.98 Å². The Kier molecular flexibility index (Phi) is 4.31. The number of aromatic nitrogens is 1. The molecule has 3 heteroatoms. The van der Waals surface area contributed by atoms with Crippen molar-refractivity contribution >= 4 is 0 Å². The summed E-state index contributed by atoms with van der Waals surface area (Å²) in [7, 11) is 0. The van der Waals surface area contributed by atoms with Gasteiger partial charge in [0.25, 0.3) is 0 Å². The van der Waals surface area contributed by atoms with Gasteiger partial charge in [-0.25, -0.2) is 0 Å². The number of likely N-dealkylation sites (tertiary alicyclic amines) is 1. The van der Waals surface area contributed by atoms with E-state index in [2.05, 4.69) is 29.4 Å². The molecule has 3 N–H and O–H groups in total. The maximum atomic E-state index is 4.04. The van der Waals surface area contributed by atoms with E-state index in [-0.39, 0.29) is 0 Å². The second kappa shape index (κ2) is 5.97. The molecule has 0 radical (unpaired) electrons. The third kappa shape index (κ3) is 3.03. The van der Waals surface area contributed by atoms with Gasteiger partial charge in [0.15, 0.2) is 0 Å². The summed E-state index contributed by atoms with van der Waals surface area (Å²) in [4.78, 5) is 5.84. The Bertz CT molecular complexity index is 299. The van der Waals surface area contributed by atoms with Crippen molar-refractivity contribution < 1.29 is 10.2 Å². The number of quaternary nitrogens is 2. The molecule has 2 rings (SSSR count). The Morgan fingerprint density at radius 3 is 3.00 bits per heavy atom. The van der Waals surface area contributed by atoms with Gasteiger partial charge in [0.1, 0.15) is 19.1 Å². The lowest BCUT2D eigenvalue weighted by atomic mass is 10.2. The minimum absolute atomic E-state index is 0.881. The van der Waals surface area contributed by atoms with E-state index in [1.807, 2.05) is 12.4 Å². The molecule has 1 aliphatic heterocycles. The number of nitrogens with one attached hydrogen (secondary N) is 1. The first-order chi connectivity index (χ1) is 7.90. The van der Waals surface area contributed by atoms with Crippen molar-refractivity contribution in [1.29, 1.82) is 0 Å². The second-order valence-electron chi connectivity index (χ2n) is 4.68. The van der Waals surface area contributed by atoms with Gasteiger partial charge in [0.05, 0.1) is 13.1 Å².